The lowest BCUT2D eigenvalue weighted by atomic mass is 10.1. The summed E-state index contributed by atoms with van der Waals surface area (Å²) in [6.45, 7) is 4.13. The van der Waals surface area contributed by atoms with Gasteiger partial charge in [0.15, 0.2) is 0 Å². The Morgan fingerprint density at radius 1 is 1.35 bits per heavy atom. The van der Waals surface area contributed by atoms with Gasteiger partial charge in [0.05, 0.1) is 5.52 Å². The fraction of sp³-hybridized carbons (Fsp3) is 0.385. The molecular formula is C13H14BrN3. The van der Waals surface area contributed by atoms with Gasteiger partial charge in [-0.15, -0.1) is 0 Å². The quantitative estimate of drug-likeness (QED) is 0.878. The van der Waals surface area contributed by atoms with Crippen LogP contribution >= 0.6 is 15.9 Å². The van der Waals surface area contributed by atoms with Gasteiger partial charge in [0.1, 0.15) is 5.82 Å². The van der Waals surface area contributed by atoms with Crippen LogP contribution in [-0.4, -0.2) is 23.1 Å². The van der Waals surface area contributed by atoms with Gasteiger partial charge in [0.2, 0.25) is 0 Å². The maximum absolute atomic E-state index is 4.70. The molecule has 17 heavy (non-hydrogen) atoms. The highest BCUT2D eigenvalue weighted by atomic mass is 79.9. The van der Waals surface area contributed by atoms with Gasteiger partial charge in [0, 0.05) is 28.0 Å². The SMILES string of the molecule is Cc1nc(C2CCNC2)nc2cc(Br)ccc12. The minimum Gasteiger partial charge on any atom is -0.316 e. The largest absolute Gasteiger partial charge is 0.316 e. The molecule has 0 bridgehead atoms. The van der Waals surface area contributed by atoms with Crippen molar-refractivity contribution in [2.45, 2.75) is 19.3 Å². The Labute approximate surface area is 109 Å². The van der Waals surface area contributed by atoms with Crippen LogP contribution < -0.4 is 5.32 Å². The molecule has 0 radical (unpaired) electrons. The van der Waals surface area contributed by atoms with Crippen molar-refractivity contribution >= 4 is 26.8 Å². The van der Waals surface area contributed by atoms with Gasteiger partial charge in [-0.1, -0.05) is 15.9 Å². The van der Waals surface area contributed by atoms with E-state index in [1.54, 1.807) is 0 Å². The van der Waals surface area contributed by atoms with E-state index >= 15 is 0 Å². The van der Waals surface area contributed by atoms with Crippen LogP contribution in [0.2, 0.25) is 0 Å². The smallest absolute Gasteiger partial charge is 0.133 e. The van der Waals surface area contributed by atoms with Crippen molar-refractivity contribution in [3.05, 3.63) is 34.2 Å². The average Bonchev–Trinajstić information content (AvgIpc) is 2.81. The van der Waals surface area contributed by atoms with Crippen LogP contribution in [-0.2, 0) is 0 Å². The molecule has 0 amide bonds. The molecule has 1 aliphatic heterocycles. The van der Waals surface area contributed by atoms with E-state index in [1.807, 2.05) is 6.07 Å². The predicted octanol–water partition coefficient (Wildman–Crippen LogP) is 2.78. The van der Waals surface area contributed by atoms with Crippen LogP contribution in [0.5, 0.6) is 0 Å². The van der Waals surface area contributed by atoms with Gasteiger partial charge in [-0.25, -0.2) is 9.97 Å². The van der Waals surface area contributed by atoms with Gasteiger partial charge in [0.25, 0.3) is 0 Å². The molecule has 1 saturated heterocycles. The summed E-state index contributed by atoms with van der Waals surface area (Å²) in [4.78, 5) is 9.34. The van der Waals surface area contributed by atoms with Crippen molar-refractivity contribution < 1.29 is 0 Å². The van der Waals surface area contributed by atoms with E-state index in [-0.39, 0.29) is 0 Å². The molecule has 2 heterocycles. The molecule has 88 valence electrons. The fourth-order valence-electron chi connectivity index (χ4n) is 2.34. The first-order chi connectivity index (χ1) is 8.24. The number of benzene rings is 1. The molecule has 0 aliphatic carbocycles. The first-order valence-electron chi connectivity index (χ1n) is 5.88. The zero-order valence-corrected chi connectivity index (χ0v) is 11.3. The number of hydrogen-bond acceptors (Lipinski definition) is 3. The number of rotatable bonds is 1. The maximum atomic E-state index is 4.70. The van der Waals surface area contributed by atoms with E-state index in [4.69, 9.17) is 4.98 Å². The molecular weight excluding hydrogens is 278 g/mol. The summed E-state index contributed by atoms with van der Waals surface area (Å²) in [7, 11) is 0. The molecule has 1 N–H and O–H groups in total. The lowest BCUT2D eigenvalue weighted by Crippen LogP contribution is -2.10. The highest BCUT2D eigenvalue weighted by Gasteiger charge is 2.20. The van der Waals surface area contributed by atoms with Crippen LogP contribution in [0.3, 0.4) is 0 Å². The Morgan fingerprint density at radius 3 is 3.00 bits per heavy atom. The van der Waals surface area contributed by atoms with Crippen LogP contribution in [0, 0.1) is 6.92 Å². The van der Waals surface area contributed by atoms with E-state index in [2.05, 4.69) is 45.3 Å². The molecule has 0 spiro atoms. The van der Waals surface area contributed by atoms with Crippen molar-refractivity contribution in [3.8, 4) is 0 Å². The highest BCUT2D eigenvalue weighted by Crippen LogP contribution is 2.24. The van der Waals surface area contributed by atoms with Crippen molar-refractivity contribution in [2.24, 2.45) is 0 Å². The number of hydrogen-bond donors (Lipinski definition) is 1. The number of aryl methyl sites for hydroxylation is 1. The molecule has 3 nitrogen and oxygen atoms in total. The Hall–Kier alpha value is -1.000. The van der Waals surface area contributed by atoms with E-state index in [9.17, 15) is 0 Å². The Balaban J connectivity index is 2.14. The van der Waals surface area contributed by atoms with Gasteiger partial charge in [-0.2, -0.15) is 0 Å². The first kappa shape index (κ1) is 11.1. The second-order valence-corrected chi connectivity index (χ2v) is 5.43. The third-order valence-electron chi connectivity index (χ3n) is 3.29. The van der Waals surface area contributed by atoms with Crippen molar-refractivity contribution in [1.82, 2.24) is 15.3 Å². The first-order valence-corrected chi connectivity index (χ1v) is 6.68. The van der Waals surface area contributed by atoms with Crippen molar-refractivity contribution in [2.75, 3.05) is 13.1 Å². The van der Waals surface area contributed by atoms with Crippen LogP contribution in [0.1, 0.15) is 23.9 Å². The third-order valence-corrected chi connectivity index (χ3v) is 3.79. The summed E-state index contributed by atoms with van der Waals surface area (Å²) in [6, 6.07) is 6.18. The molecule has 1 atom stereocenters. The van der Waals surface area contributed by atoms with Gasteiger partial charge in [-0.3, -0.25) is 0 Å². The molecule has 1 fully saturated rings. The van der Waals surface area contributed by atoms with Crippen LogP contribution in [0.25, 0.3) is 10.9 Å². The summed E-state index contributed by atoms with van der Waals surface area (Å²) in [5.41, 5.74) is 2.11. The molecule has 0 saturated carbocycles. The summed E-state index contributed by atoms with van der Waals surface area (Å²) in [5.74, 6) is 1.45. The van der Waals surface area contributed by atoms with E-state index in [1.165, 1.54) is 0 Å². The Bertz CT molecular complexity index is 562. The normalized spacial score (nSPS) is 20.0. The molecule has 3 rings (SSSR count). The van der Waals surface area contributed by atoms with Gasteiger partial charge >= 0.3 is 0 Å². The number of nitrogens with zero attached hydrogens (tertiary/aromatic N) is 2. The molecule has 1 aromatic heterocycles. The maximum Gasteiger partial charge on any atom is 0.133 e. The Kier molecular flexibility index (Phi) is 2.84. The zero-order valence-electron chi connectivity index (χ0n) is 9.70. The monoisotopic (exact) mass is 291 g/mol. The average molecular weight is 292 g/mol. The lowest BCUT2D eigenvalue weighted by molar-refractivity contribution is 0.703. The molecule has 1 aliphatic rings. The molecule has 1 unspecified atom stereocenters. The second kappa shape index (κ2) is 4.35. The van der Waals surface area contributed by atoms with Crippen LogP contribution in [0.15, 0.2) is 22.7 Å². The topological polar surface area (TPSA) is 37.8 Å². The van der Waals surface area contributed by atoms with Crippen LogP contribution in [0.4, 0.5) is 0 Å². The standard InChI is InChI=1S/C13H14BrN3/c1-8-11-3-2-10(14)6-12(11)17-13(16-8)9-4-5-15-7-9/h2-3,6,9,15H,4-5,7H2,1H3. The van der Waals surface area contributed by atoms with Gasteiger partial charge < -0.3 is 5.32 Å². The third kappa shape index (κ3) is 2.07. The number of nitrogens with one attached hydrogen (secondary N) is 1. The van der Waals surface area contributed by atoms with Crippen molar-refractivity contribution in [3.63, 3.8) is 0 Å². The lowest BCUT2D eigenvalue weighted by Gasteiger charge is -2.10. The second-order valence-electron chi connectivity index (χ2n) is 4.52. The summed E-state index contributed by atoms with van der Waals surface area (Å²) in [6.07, 6.45) is 1.14. The highest BCUT2D eigenvalue weighted by molar-refractivity contribution is 9.10. The summed E-state index contributed by atoms with van der Waals surface area (Å²) >= 11 is 3.49. The van der Waals surface area contributed by atoms with E-state index in [0.717, 1.165) is 46.4 Å². The number of fused-ring (bicyclic) bond motifs is 1. The zero-order chi connectivity index (χ0) is 11.8. The molecule has 4 heteroatoms. The molecule has 2 aromatic rings. The van der Waals surface area contributed by atoms with Gasteiger partial charge in [-0.05, 0) is 38.1 Å². The predicted molar refractivity (Wildman–Crippen MR) is 72.2 cm³/mol. The summed E-state index contributed by atoms with van der Waals surface area (Å²) in [5, 5.41) is 4.50. The van der Waals surface area contributed by atoms with E-state index < -0.39 is 0 Å². The van der Waals surface area contributed by atoms with E-state index in [0.29, 0.717) is 5.92 Å². The summed E-state index contributed by atoms with van der Waals surface area (Å²) < 4.78 is 1.07. The fourth-order valence-corrected chi connectivity index (χ4v) is 2.69. The Morgan fingerprint density at radius 2 is 2.24 bits per heavy atom. The number of halogens is 1. The molecule has 1 aromatic carbocycles. The minimum absolute atomic E-state index is 0.470. The van der Waals surface area contributed by atoms with Crippen molar-refractivity contribution in [1.29, 1.82) is 0 Å². The number of aromatic nitrogens is 2. The minimum atomic E-state index is 0.470.